The molecular weight excluding hydrogens is 358 g/mol. The molecule has 0 unspecified atom stereocenters. The zero-order valence-electron chi connectivity index (χ0n) is 15.9. The Morgan fingerprint density at radius 1 is 1.21 bits per heavy atom. The Hall–Kier alpha value is -3.16. The minimum Gasteiger partial charge on any atom is -0.488 e. The summed E-state index contributed by atoms with van der Waals surface area (Å²) in [5.41, 5.74) is 1.97. The molecule has 1 fully saturated rings. The van der Waals surface area contributed by atoms with Crippen molar-refractivity contribution in [2.24, 2.45) is 4.99 Å². The molecule has 4 rings (SSSR count). The molecule has 0 atom stereocenters. The van der Waals surface area contributed by atoms with Crippen LogP contribution in [0.3, 0.4) is 0 Å². The standard InChI is InChI=1S/C20H23N5O3/c1-21-18-12-16(5-8-24(18)14-26)25-9-10-28-17-11-15(13-22-19(17)25)20(27)23-6-3-2-4-7-23/h5,8,11-14H,2-4,6-7,9-10H2,1H3. The van der Waals surface area contributed by atoms with Crippen LogP contribution in [0.15, 0.2) is 35.6 Å². The third-order valence-electron chi connectivity index (χ3n) is 5.15. The van der Waals surface area contributed by atoms with Gasteiger partial charge in [-0.25, -0.2) is 4.98 Å². The highest BCUT2D eigenvalue weighted by molar-refractivity contribution is 5.95. The summed E-state index contributed by atoms with van der Waals surface area (Å²) in [4.78, 5) is 36.5. The number of hydrogen-bond acceptors (Lipinski definition) is 6. The maximum Gasteiger partial charge on any atom is 0.255 e. The lowest BCUT2D eigenvalue weighted by Gasteiger charge is -2.31. The van der Waals surface area contributed by atoms with Crippen LogP contribution < -0.4 is 15.1 Å². The van der Waals surface area contributed by atoms with Gasteiger partial charge >= 0.3 is 0 Å². The summed E-state index contributed by atoms with van der Waals surface area (Å²) in [6.45, 7) is 2.70. The Morgan fingerprint density at radius 2 is 2.04 bits per heavy atom. The molecule has 1 amide bonds. The summed E-state index contributed by atoms with van der Waals surface area (Å²) in [5, 5.41) is 0. The Bertz CT molecular complexity index is 963. The summed E-state index contributed by atoms with van der Waals surface area (Å²) in [6, 6.07) is 5.45. The van der Waals surface area contributed by atoms with Crippen LogP contribution in [0.4, 0.5) is 11.5 Å². The van der Waals surface area contributed by atoms with Crippen molar-refractivity contribution in [2.45, 2.75) is 19.3 Å². The fourth-order valence-electron chi connectivity index (χ4n) is 3.67. The van der Waals surface area contributed by atoms with Gasteiger partial charge in [0, 0.05) is 44.3 Å². The zero-order valence-corrected chi connectivity index (χ0v) is 15.9. The quantitative estimate of drug-likeness (QED) is 0.755. The largest absolute Gasteiger partial charge is 0.488 e. The number of likely N-dealkylation sites (tertiary alicyclic amines) is 1. The van der Waals surface area contributed by atoms with Gasteiger partial charge in [-0.1, -0.05) is 0 Å². The van der Waals surface area contributed by atoms with Crippen LogP contribution in [-0.2, 0) is 4.79 Å². The summed E-state index contributed by atoms with van der Waals surface area (Å²) in [6.07, 6.45) is 7.29. The number of fused-ring (bicyclic) bond motifs is 1. The second kappa shape index (κ2) is 7.84. The number of nitrogens with zero attached hydrogens (tertiary/aromatic N) is 5. The number of carbonyl (C=O) groups is 2. The molecule has 2 aliphatic heterocycles. The summed E-state index contributed by atoms with van der Waals surface area (Å²) < 4.78 is 7.21. The van der Waals surface area contributed by atoms with E-state index in [1.165, 1.54) is 11.0 Å². The number of carbonyl (C=O) groups excluding carboxylic acids is 2. The van der Waals surface area contributed by atoms with E-state index in [1.54, 1.807) is 25.5 Å². The highest BCUT2D eigenvalue weighted by Gasteiger charge is 2.25. The van der Waals surface area contributed by atoms with Gasteiger partial charge in [0.25, 0.3) is 5.91 Å². The molecule has 2 aliphatic rings. The number of pyridine rings is 2. The molecule has 0 radical (unpaired) electrons. The molecule has 0 aliphatic carbocycles. The van der Waals surface area contributed by atoms with Gasteiger partial charge in [0.15, 0.2) is 11.6 Å². The topological polar surface area (TPSA) is 80.0 Å². The van der Waals surface area contributed by atoms with Crippen LogP contribution in [-0.4, -0.2) is 60.1 Å². The number of aromatic nitrogens is 2. The molecule has 4 heterocycles. The third-order valence-corrected chi connectivity index (χ3v) is 5.15. The molecule has 0 bridgehead atoms. The number of ether oxygens (including phenoxy) is 1. The normalized spacial score (nSPS) is 17.1. The first kappa shape index (κ1) is 18.2. The van der Waals surface area contributed by atoms with E-state index >= 15 is 0 Å². The first-order chi connectivity index (χ1) is 13.7. The molecule has 8 nitrogen and oxygen atoms in total. The molecule has 28 heavy (non-hydrogen) atoms. The molecule has 1 saturated heterocycles. The Kier molecular flexibility index (Phi) is 5.10. The Balaban J connectivity index is 1.65. The predicted molar refractivity (Wildman–Crippen MR) is 105 cm³/mol. The number of anilines is 2. The predicted octanol–water partition coefficient (Wildman–Crippen LogP) is 1.61. The third kappa shape index (κ3) is 3.37. The van der Waals surface area contributed by atoms with E-state index in [4.69, 9.17) is 4.74 Å². The van der Waals surface area contributed by atoms with Crippen LogP contribution >= 0.6 is 0 Å². The van der Waals surface area contributed by atoms with E-state index in [-0.39, 0.29) is 5.91 Å². The van der Waals surface area contributed by atoms with Crippen LogP contribution in [0.1, 0.15) is 29.6 Å². The number of rotatable bonds is 3. The van der Waals surface area contributed by atoms with Gasteiger partial charge in [-0.15, -0.1) is 0 Å². The van der Waals surface area contributed by atoms with Crippen molar-refractivity contribution in [2.75, 3.05) is 38.2 Å². The van der Waals surface area contributed by atoms with E-state index in [9.17, 15) is 9.59 Å². The minimum atomic E-state index is 0.00882. The highest BCUT2D eigenvalue weighted by Crippen LogP contribution is 2.35. The first-order valence-electron chi connectivity index (χ1n) is 9.51. The molecule has 0 aromatic carbocycles. The summed E-state index contributed by atoms with van der Waals surface area (Å²) >= 11 is 0. The Labute approximate surface area is 163 Å². The SMILES string of the molecule is CN=c1cc(N2CCOc3cc(C(=O)N4CCCCC4)cnc32)ccn1C=O. The van der Waals surface area contributed by atoms with Crippen molar-refractivity contribution in [1.82, 2.24) is 14.5 Å². The minimum absolute atomic E-state index is 0.00882. The molecule has 146 valence electrons. The number of piperidine rings is 1. The maximum absolute atomic E-state index is 12.8. The average molecular weight is 381 g/mol. The fraction of sp³-hybridized carbons (Fsp3) is 0.400. The van der Waals surface area contributed by atoms with Crippen molar-refractivity contribution in [1.29, 1.82) is 0 Å². The Morgan fingerprint density at radius 3 is 2.79 bits per heavy atom. The van der Waals surface area contributed by atoms with Gasteiger partial charge < -0.3 is 14.5 Å². The number of amides is 1. The van der Waals surface area contributed by atoms with Crippen molar-refractivity contribution in [3.63, 3.8) is 0 Å². The van der Waals surface area contributed by atoms with Crippen molar-refractivity contribution >= 4 is 23.8 Å². The highest BCUT2D eigenvalue weighted by atomic mass is 16.5. The van der Waals surface area contributed by atoms with Crippen molar-refractivity contribution in [3.8, 4) is 5.75 Å². The number of hydrogen-bond donors (Lipinski definition) is 0. The van der Waals surface area contributed by atoms with Crippen LogP contribution in [0.5, 0.6) is 5.75 Å². The molecular formula is C20H23N5O3. The van der Waals surface area contributed by atoms with Crippen LogP contribution in [0.2, 0.25) is 0 Å². The monoisotopic (exact) mass is 381 g/mol. The average Bonchev–Trinajstić information content (AvgIpc) is 2.77. The molecule has 0 N–H and O–H groups in total. The van der Waals surface area contributed by atoms with E-state index in [1.807, 2.05) is 21.9 Å². The van der Waals surface area contributed by atoms with E-state index in [2.05, 4.69) is 9.98 Å². The van der Waals surface area contributed by atoms with Gasteiger partial charge in [0.2, 0.25) is 6.41 Å². The smallest absolute Gasteiger partial charge is 0.255 e. The van der Waals surface area contributed by atoms with Crippen LogP contribution in [0.25, 0.3) is 0 Å². The van der Waals surface area contributed by atoms with E-state index < -0.39 is 0 Å². The summed E-state index contributed by atoms with van der Waals surface area (Å²) in [5.74, 6) is 1.26. The van der Waals surface area contributed by atoms with Gasteiger partial charge in [0.05, 0.1) is 12.1 Å². The molecule has 8 heteroatoms. The zero-order chi connectivity index (χ0) is 19.5. The van der Waals surface area contributed by atoms with Gasteiger partial charge in [0.1, 0.15) is 12.1 Å². The van der Waals surface area contributed by atoms with Gasteiger partial charge in [-0.05, 0) is 31.4 Å². The molecule has 0 spiro atoms. The second-order valence-electron chi connectivity index (χ2n) is 6.88. The maximum atomic E-state index is 12.8. The van der Waals surface area contributed by atoms with E-state index in [0.29, 0.717) is 35.8 Å². The summed E-state index contributed by atoms with van der Waals surface area (Å²) in [7, 11) is 1.64. The second-order valence-corrected chi connectivity index (χ2v) is 6.88. The van der Waals surface area contributed by atoms with Gasteiger partial charge in [-0.2, -0.15) is 0 Å². The van der Waals surface area contributed by atoms with Gasteiger partial charge in [-0.3, -0.25) is 19.1 Å². The lowest BCUT2D eigenvalue weighted by molar-refractivity contribution is 0.0723. The van der Waals surface area contributed by atoms with E-state index in [0.717, 1.165) is 38.0 Å². The molecule has 0 saturated carbocycles. The lowest BCUT2D eigenvalue weighted by atomic mass is 10.1. The molecule has 2 aromatic heterocycles. The molecule has 2 aromatic rings. The van der Waals surface area contributed by atoms with Crippen molar-refractivity contribution in [3.05, 3.63) is 41.6 Å². The lowest BCUT2D eigenvalue weighted by Crippen LogP contribution is -2.36. The fourth-order valence-corrected chi connectivity index (χ4v) is 3.67. The van der Waals surface area contributed by atoms with Crippen LogP contribution in [0, 0.1) is 0 Å². The van der Waals surface area contributed by atoms with Crippen molar-refractivity contribution < 1.29 is 14.3 Å². The first-order valence-corrected chi connectivity index (χ1v) is 9.51.